The molecule has 5 nitrogen and oxygen atoms in total. The Morgan fingerprint density at radius 1 is 1.15 bits per heavy atom. The van der Waals surface area contributed by atoms with Crippen LogP contribution in [0.2, 0.25) is 0 Å². The molecule has 3 rings (SSSR count). The lowest BCUT2D eigenvalue weighted by molar-refractivity contribution is 0.214. The van der Waals surface area contributed by atoms with Crippen molar-refractivity contribution in [2.24, 2.45) is 0 Å². The van der Waals surface area contributed by atoms with Gasteiger partial charge in [0.1, 0.15) is 17.0 Å². The zero-order valence-electron chi connectivity index (χ0n) is 14.3. The standard InChI is InChI=1S/C18H18F2N2O3S/c1-24-15-6-3-11(9-16(15)25-2)17-22(7-8-26-17)18(23)21-14-10-12(19)4-5-13(14)20/h3-6,9-10,17H,7-8H2,1-2H3,(H,21,23). The molecule has 0 bridgehead atoms. The van der Waals surface area contributed by atoms with Gasteiger partial charge in [-0.25, -0.2) is 13.6 Å². The first-order chi connectivity index (χ1) is 12.5. The number of hydrogen-bond acceptors (Lipinski definition) is 4. The first-order valence-electron chi connectivity index (χ1n) is 7.89. The third-order valence-corrected chi connectivity index (χ3v) is 5.28. The maximum atomic E-state index is 13.8. The minimum atomic E-state index is -0.686. The molecule has 138 valence electrons. The maximum Gasteiger partial charge on any atom is 0.323 e. The minimum absolute atomic E-state index is 0.182. The summed E-state index contributed by atoms with van der Waals surface area (Å²) in [5.74, 6) is 0.590. The van der Waals surface area contributed by atoms with E-state index in [-0.39, 0.29) is 11.1 Å². The Labute approximate surface area is 154 Å². The van der Waals surface area contributed by atoms with E-state index >= 15 is 0 Å². The van der Waals surface area contributed by atoms with Crippen molar-refractivity contribution in [2.45, 2.75) is 5.37 Å². The molecule has 1 atom stereocenters. The highest BCUT2D eigenvalue weighted by atomic mass is 32.2. The summed E-state index contributed by atoms with van der Waals surface area (Å²) in [5.41, 5.74) is 0.679. The van der Waals surface area contributed by atoms with Crippen molar-refractivity contribution >= 4 is 23.5 Å². The molecule has 1 N–H and O–H groups in total. The van der Waals surface area contributed by atoms with Crippen molar-refractivity contribution in [3.8, 4) is 11.5 Å². The van der Waals surface area contributed by atoms with Gasteiger partial charge in [0.25, 0.3) is 0 Å². The van der Waals surface area contributed by atoms with E-state index in [1.807, 2.05) is 12.1 Å². The predicted molar refractivity (Wildman–Crippen MR) is 96.8 cm³/mol. The molecule has 0 aromatic heterocycles. The predicted octanol–water partition coefficient (Wildman–Crippen LogP) is 4.26. The van der Waals surface area contributed by atoms with Gasteiger partial charge in [0.2, 0.25) is 0 Å². The molecule has 1 heterocycles. The Bertz CT molecular complexity index is 819. The van der Waals surface area contributed by atoms with Crippen LogP contribution < -0.4 is 14.8 Å². The van der Waals surface area contributed by atoms with Crippen molar-refractivity contribution in [1.29, 1.82) is 0 Å². The molecule has 2 amide bonds. The second-order valence-corrected chi connectivity index (χ2v) is 6.77. The average Bonchev–Trinajstić information content (AvgIpc) is 3.14. The summed E-state index contributed by atoms with van der Waals surface area (Å²) >= 11 is 1.58. The summed E-state index contributed by atoms with van der Waals surface area (Å²) in [7, 11) is 3.09. The molecule has 1 aliphatic rings. The third kappa shape index (κ3) is 3.70. The zero-order valence-corrected chi connectivity index (χ0v) is 15.1. The number of nitrogens with zero attached hydrogens (tertiary/aromatic N) is 1. The van der Waals surface area contributed by atoms with Crippen LogP contribution in [-0.4, -0.2) is 37.4 Å². The number of amides is 2. The first kappa shape index (κ1) is 18.3. The molecular weight excluding hydrogens is 362 g/mol. The van der Waals surface area contributed by atoms with Crippen LogP contribution in [0.5, 0.6) is 11.5 Å². The summed E-state index contributed by atoms with van der Waals surface area (Å²) in [5, 5.41) is 2.19. The van der Waals surface area contributed by atoms with Crippen molar-refractivity contribution in [3.63, 3.8) is 0 Å². The quantitative estimate of drug-likeness (QED) is 0.861. The smallest absolute Gasteiger partial charge is 0.323 e. The molecule has 26 heavy (non-hydrogen) atoms. The van der Waals surface area contributed by atoms with Crippen LogP contribution in [0.15, 0.2) is 36.4 Å². The number of benzene rings is 2. The van der Waals surface area contributed by atoms with E-state index in [2.05, 4.69) is 5.32 Å². The van der Waals surface area contributed by atoms with E-state index in [0.29, 0.717) is 18.0 Å². The van der Waals surface area contributed by atoms with Gasteiger partial charge < -0.3 is 19.7 Å². The number of urea groups is 1. The van der Waals surface area contributed by atoms with Gasteiger partial charge in [-0.3, -0.25) is 0 Å². The normalized spacial score (nSPS) is 16.5. The summed E-state index contributed by atoms with van der Waals surface area (Å²) < 4.78 is 37.6. The Balaban J connectivity index is 1.81. The number of ether oxygens (including phenoxy) is 2. The van der Waals surface area contributed by atoms with Gasteiger partial charge in [-0.15, -0.1) is 11.8 Å². The van der Waals surface area contributed by atoms with Crippen LogP contribution in [0.3, 0.4) is 0 Å². The van der Waals surface area contributed by atoms with Crippen LogP contribution in [0.1, 0.15) is 10.9 Å². The minimum Gasteiger partial charge on any atom is -0.493 e. The number of rotatable bonds is 4. The largest absolute Gasteiger partial charge is 0.493 e. The average molecular weight is 380 g/mol. The number of thioether (sulfide) groups is 1. The highest BCUT2D eigenvalue weighted by Crippen LogP contribution is 2.41. The fraction of sp³-hybridized carbons (Fsp3) is 0.278. The molecule has 8 heteroatoms. The Morgan fingerprint density at radius 3 is 2.65 bits per heavy atom. The van der Waals surface area contributed by atoms with Crippen molar-refractivity contribution in [1.82, 2.24) is 4.90 Å². The Morgan fingerprint density at radius 2 is 1.92 bits per heavy atom. The van der Waals surface area contributed by atoms with Crippen molar-refractivity contribution < 1.29 is 23.0 Å². The van der Waals surface area contributed by atoms with E-state index in [1.165, 1.54) is 0 Å². The molecule has 2 aromatic rings. The topological polar surface area (TPSA) is 50.8 Å². The second kappa shape index (κ2) is 7.82. The van der Waals surface area contributed by atoms with Crippen LogP contribution in [0.25, 0.3) is 0 Å². The van der Waals surface area contributed by atoms with Gasteiger partial charge in [0.15, 0.2) is 11.5 Å². The maximum absolute atomic E-state index is 13.8. The van der Waals surface area contributed by atoms with E-state index in [9.17, 15) is 13.6 Å². The van der Waals surface area contributed by atoms with Crippen LogP contribution in [0.4, 0.5) is 19.3 Å². The highest BCUT2D eigenvalue weighted by molar-refractivity contribution is 7.99. The van der Waals surface area contributed by atoms with Crippen molar-refractivity contribution in [3.05, 3.63) is 53.6 Å². The summed E-state index contributed by atoms with van der Waals surface area (Å²) in [4.78, 5) is 14.2. The van der Waals surface area contributed by atoms with E-state index in [0.717, 1.165) is 29.5 Å². The second-order valence-electron chi connectivity index (χ2n) is 5.59. The molecule has 1 unspecified atom stereocenters. The van der Waals surface area contributed by atoms with Gasteiger partial charge in [0, 0.05) is 18.4 Å². The SMILES string of the molecule is COc1ccc(C2SCCN2C(=O)Nc2cc(F)ccc2F)cc1OC. The number of halogens is 2. The van der Waals surface area contributed by atoms with Gasteiger partial charge >= 0.3 is 6.03 Å². The fourth-order valence-electron chi connectivity index (χ4n) is 2.74. The van der Waals surface area contributed by atoms with Crippen LogP contribution in [-0.2, 0) is 0 Å². The zero-order chi connectivity index (χ0) is 18.7. The molecule has 1 saturated heterocycles. The fourth-order valence-corrected chi connectivity index (χ4v) is 3.99. The number of nitrogens with one attached hydrogen (secondary N) is 1. The molecule has 0 spiro atoms. The molecule has 1 aliphatic heterocycles. The number of hydrogen-bond donors (Lipinski definition) is 1. The van der Waals surface area contributed by atoms with Crippen LogP contribution >= 0.6 is 11.8 Å². The van der Waals surface area contributed by atoms with E-state index < -0.39 is 17.7 Å². The number of methoxy groups -OCH3 is 2. The molecular formula is C18H18F2N2O3S. The highest BCUT2D eigenvalue weighted by Gasteiger charge is 2.31. The van der Waals surface area contributed by atoms with Gasteiger partial charge in [-0.1, -0.05) is 6.07 Å². The molecule has 2 aromatic carbocycles. The third-order valence-electron chi connectivity index (χ3n) is 4.01. The first-order valence-corrected chi connectivity index (χ1v) is 8.94. The molecule has 0 radical (unpaired) electrons. The number of carbonyl (C=O) groups is 1. The van der Waals surface area contributed by atoms with Gasteiger partial charge in [-0.05, 0) is 29.8 Å². The van der Waals surface area contributed by atoms with Crippen LogP contribution in [0, 0.1) is 11.6 Å². The summed E-state index contributed by atoms with van der Waals surface area (Å²) in [6.07, 6.45) is 0. The van der Waals surface area contributed by atoms with Gasteiger partial charge in [-0.2, -0.15) is 0 Å². The lowest BCUT2D eigenvalue weighted by Gasteiger charge is -2.25. The van der Waals surface area contributed by atoms with E-state index in [4.69, 9.17) is 9.47 Å². The lowest BCUT2D eigenvalue weighted by Crippen LogP contribution is -2.34. The summed E-state index contributed by atoms with van der Waals surface area (Å²) in [6, 6.07) is 7.90. The monoisotopic (exact) mass is 380 g/mol. The van der Waals surface area contributed by atoms with Gasteiger partial charge in [0.05, 0.1) is 19.9 Å². The molecule has 0 aliphatic carbocycles. The lowest BCUT2D eigenvalue weighted by atomic mass is 10.2. The Kier molecular flexibility index (Phi) is 5.51. The molecule has 1 fully saturated rings. The number of anilines is 1. The van der Waals surface area contributed by atoms with E-state index in [1.54, 1.807) is 36.9 Å². The Hall–Kier alpha value is -2.48. The number of carbonyl (C=O) groups excluding carboxylic acids is 1. The summed E-state index contributed by atoms with van der Waals surface area (Å²) in [6.45, 7) is 0.493. The van der Waals surface area contributed by atoms with Crippen molar-refractivity contribution in [2.75, 3.05) is 31.8 Å². The molecule has 0 saturated carbocycles.